The van der Waals surface area contributed by atoms with Gasteiger partial charge in [-0.15, -0.1) is 0 Å². The number of H-pyrrole nitrogens is 1. The number of hydrogen-bond acceptors (Lipinski definition) is 4. The van der Waals surface area contributed by atoms with Crippen LogP contribution in [0, 0.1) is 0 Å². The monoisotopic (exact) mass is 407 g/mol. The summed E-state index contributed by atoms with van der Waals surface area (Å²) in [4.78, 5) is 12.3. The maximum absolute atomic E-state index is 10.3. The number of hydrogen-bond donors (Lipinski definition) is 3. The van der Waals surface area contributed by atoms with E-state index in [0.29, 0.717) is 34.0 Å². The van der Waals surface area contributed by atoms with Crippen LogP contribution in [0.2, 0.25) is 0 Å². The minimum Gasteiger partial charge on any atom is -0.507 e. The average molecular weight is 408 g/mol. The van der Waals surface area contributed by atoms with E-state index in [0.717, 1.165) is 4.47 Å². The highest BCUT2D eigenvalue weighted by molar-refractivity contribution is 9.10. The van der Waals surface area contributed by atoms with Gasteiger partial charge in [-0.1, -0.05) is 24.3 Å². The molecular weight excluding hydrogens is 394 g/mol. The molecule has 4 aromatic rings. The van der Waals surface area contributed by atoms with Crippen LogP contribution >= 0.6 is 15.9 Å². The van der Waals surface area contributed by atoms with Gasteiger partial charge in [0.25, 0.3) is 0 Å². The van der Waals surface area contributed by atoms with Gasteiger partial charge in [0, 0.05) is 21.8 Å². The van der Waals surface area contributed by atoms with Crippen molar-refractivity contribution in [2.45, 2.75) is 0 Å². The number of imidazole rings is 1. The first-order valence-electron chi connectivity index (χ1n) is 7.92. The number of nitrogens with zero attached hydrogens (tertiary/aromatic N) is 2. The molecule has 0 bridgehead atoms. The zero-order valence-corrected chi connectivity index (χ0v) is 15.1. The molecule has 0 spiro atoms. The Labute approximate surface area is 158 Å². The quantitative estimate of drug-likeness (QED) is 0.447. The molecule has 0 amide bonds. The Kier molecular flexibility index (Phi) is 4.18. The lowest BCUT2D eigenvalue weighted by Gasteiger charge is -2.06. The summed E-state index contributed by atoms with van der Waals surface area (Å²) in [5.41, 5.74) is 2.99. The van der Waals surface area contributed by atoms with Crippen molar-refractivity contribution in [3.63, 3.8) is 0 Å². The fourth-order valence-electron chi connectivity index (χ4n) is 2.76. The number of phenolic OH excluding ortho intramolecular Hbond substituents is 2. The molecule has 0 aliphatic rings. The Hall–Kier alpha value is -3.12. The van der Waals surface area contributed by atoms with E-state index in [9.17, 15) is 10.2 Å². The number of phenols is 2. The molecule has 6 heteroatoms. The number of benzene rings is 2. The molecule has 2 heterocycles. The molecule has 0 radical (unpaired) electrons. The lowest BCUT2D eigenvalue weighted by molar-refractivity contribution is 0.476. The third-order valence-electron chi connectivity index (χ3n) is 4.01. The van der Waals surface area contributed by atoms with E-state index >= 15 is 0 Å². The number of pyridine rings is 1. The Bertz CT molecular complexity index is 1010. The van der Waals surface area contributed by atoms with Crippen LogP contribution in [0.4, 0.5) is 0 Å². The van der Waals surface area contributed by atoms with Gasteiger partial charge in [0.15, 0.2) is 5.82 Å². The fourth-order valence-corrected chi connectivity index (χ4v) is 2.99. The van der Waals surface area contributed by atoms with Crippen molar-refractivity contribution in [2.24, 2.45) is 0 Å². The highest BCUT2D eigenvalue weighted by Gasteiger charge is 2.19. The van der Waals surface area contributed by atoms with Crippen LogP contribution in [0.15, 0.2) is 71.3 Å². The maximum atomic E-state index is 10.3. The lowest BCUT2D eigenvalue weighted by atomic mass is 10.0. The minimum atomic E-state index is 0.117. The molecular formula is C20H14BrN3O2. The smallest absolute Gasteiger partial charge is 0.157 e. The molecule has 0 aliphatic carbocycles. The molecule has 2 aromatic carbocycles. The van der Waals surface area contributed by atoms with Gasteiger partial charge < -0.3 is 15.2 Å². The topological polar surface area (TPSA) is 82.0 Å². The van der Waals surface area contributed by atoms with Crippen LogP contribution in [-0.2, 0) is 0 Å². The van der Waals surface area contributed by atoms with Gasteiger partial charge in [0.05, 0.1) is 5.69 Å². The maximum Gasteiger partial charge on any atom is 0.157 e. The van der Waals surface area contributed by atoms with Crippen LogP contribution < -0.4 is 0 Å². The summed E-state index contributed by atoms with van der Waals surface area (Å²) in [6.45, 7) is 0. The highest BCUT2D eigenvalue weighted by atomic mass is 79.9. The summed E-state index contributed by atoms with van der Waals surface area (Å²) in [6.07, 6.45) is 1.69. The van der Waals surface area contributed by atoms with E-state index in [4.69, 9.17) is 0 Å². The highest BCUT2D eigenvalue weighted by Crippen LogP contribution is 2.39. The van der Waals surface area contributed by atoms with E-state index in [1.54, 1.807) is 42.6 Å². The standard InChI is InChI=1S/C20H14BrN3O2/c21-12-9-10-15(22-11-12)20-23-18(13-5-1-3-7-16(13)25)19(24-20)14-6-2-4-8-17(14)26/h1-11,25-26H,(H,23,24). The van der Waals surface area contributed by atoms with E-state index < -0.39 is 0 Å². The summed E-state index contributed by atoms with van der Waals surface area (Å²) < 4.78 is 0.870. The Morgan fingerprint density at radius 1 is 0.808 bits per heavy atom. The summed E-state index contributed by atoms with van der Waals surface area (Å²) in [5, 5.41) is 20.6. The molecule has 5 nitrogen and oxygen atoms in total. The van der Waals surface area contributed by atoms with Crippen molar-refractivity contribution >= 4 is 15.9 Å². The molecule has 26 heavy (non-hydrogen) atoms. The molecule has 0 aliphatic heterocycles. The summed E-state index contributed by atoms with van der Waals surface area (Å²) in [7, 11) is 0. The third-order valence-corrected chi connectivity index (χ3v) is 4.48. The van der Waals surface area contributed by atoms with Gasteiger partial charge in [-0.05, 0) is 52.3 Å². The number of halogens is 1. The normalized spacial score (nSPS) is 10.8. The molecule has 0 saturated carbocycles. The lowest BCUT2D eigenvalue weighted by Crippen LogP contribution is -1.85. The first kappa shape index (κ1) is 16.4. The first-order valence-corrected chi connectivity index (χ1v) is 8.71. The van der Waals surface area contributed by atoms with E-state index in [2.05, 4.69) is 30.9 Å². The second-order valence-electron chi connectivity index (χ2n) is 5.70. The van der Waals surface area contributed by atoms with Crippen molar-refractivity contribution in [1.29, 1.82) is 0 Å². The number of nitrogens with one attached hydrogen (secondary N) is 1. The molecule has 0 fully saturated rings. The van der Waals surface area contributed by atoms with Crippen LogP contribution in [0.3, 0.4) is 0 Å². The van der Waals surface area contributed by atoms with Crippen molar-refractivity contribution in [1.82, 2.24) is 15.0 Å². The zero-order valence-electron chi connectivity index (χ0n) is 13.5. The number of aromatic amines is 1. The summed E-state index contributed by atoms with van der Waals surface area (Å²) in [5.74, 6) is 0.795. The molecule has 0 atom stereocenters. The van der Waals surface area contributed by atoms with Crippen LogP contribution in [-0.4, -0.2) is 25.2 Å². The Balaban J connectivity index is 1.95. The minimum absolute atomic E-state index is 0.117. The van der Waals surface area contributed by atoms with Crippen LogP contribution in [0.25, 0.3) is 34.0 Å². The second-order valence-corrected chi connectivity index (χ2v) is 6.62. The number of aromatic hydroxyl groups is 2. The predicted molar refractivity (Wildman–Crippen MR) is 104 cm³/mol. The second kappa shape index (κ2) is 6.65. The average Bonchev–Trinajstić information content (AvgIpc) is 3.08. The van der Waals surface area contributed by atoms with Crippen molar-refractivity contribution in [3.05, 3.63) is 71.3 Å². The first-order chi connectivity index (χ1) is 12.6. The van der Waals surface area contributed by atoms with Gasteiger partial charge in [-0.2, -0.15) is 0 Å². The molecule has 128 valence electrons. The van der Waals surface area contributed by atoms with E-state index in [1.165, 1.54) is 0 Å². The number of aromatic nitrogens is 3. The van der Waals surface area contributed by atoms with Crippen molar-refractivity contribution in [3.8, 4) is 45.5 Å². The Morgan fingerprint density at radius 2 is 1.46 bits per heavy atom. The summed E-state index contributed by atoms with van der Waals surface area (Å²) >= 11 is 3.37. The number of rotatable bonds is 3. The predicted octanol–water partition coefficient (Wildman–Crippen LogP) is 4.98. The largest absolute Gasteiger partial charge is 0.507 e. The van der Waals surface area contributed by atoms with E-state index in [-0.39, 0.29) is 11.5 Å². The van der Waals surface area contributed by atoms with Crippen LogP contribution in [0.1, 0.15) is 0 Å². The van der Waals surface area contributed by atoms with Crippen molar-refractivity contribution < 1.29 is 10.2 Å². The van der Waals surface area contributed by atoms with E-state index in [1.807, 2.05) is 24.3 Å². The molecule has 2 aromatic heterocycles. The SMILES string of the molecule is Oc1ccccc1-c1nc(-c2ccc(Br)cn2)[nH]c1-c1ccccc1O. The Morgan fingerprint density at radius 3 is 2.08 bits per heavy atom. The molecule has 4 rings (SSSR count). The number of para-hydroxylation sites is 2. The fraction of sp³-hybridized carbons (Fsp3) is 0. The molecule has 0 saturated heterocycles. The molecule has 0 unspecified atom stereocenters. The van der Waals surface area contributed by atoms with Gasteiger partial charge in [0.1, 0.15) is 22.9 Å². The summed E-state index contributed by atoms with van der Waals surface area (Å²) in [6, 6.07) is 17.7. The van der Waals surface area contributed by atoms with Gasteiger partial charge in [0.2, 0.25) is 0 Å². The van der Waals surface area contributed by atoms with Crippen molar-refractivity contribution in [2.75, 3.05) is 0 Å². The zero-order chi connectivity index (χ0) is 18.1. The van der Waals surface area contributed by atoms with Gasteiger partial charge in [-0.25, -0.2) is 4.98 Å². The third kappa shape index (κ3) is 2.95. The van der Waals surface area contributed by atoms with Crippen LogP contribution in [0.5, 0.6) is 11.5 Å². The molecule has 3 N–H and O–H groups in total. The van der Waals surface area contributed by atoms with Gasteiger partial charge in [-0.3, -0.25) is 4.98 Å². The van der Waals surface area contributed by atoms with Gasteiger partial charge >= 0.3 is 0 Å².